The van der Waals surface area contributed by atoms with Crippen molar-refractivity contribution in [3.05, 3.63) is 89.4 Å². The maximum absolute atomic E-state index is 12.5. The minimum Gasteiger partial charge on any atom is -0.508 e. The number of carbonyl (C=O) groups excluding carboxylic acids is 1. The Morgan fingerprint density at radius 3 is 2.31 bits per heavy atom. The fourth-order valence-corrected chi connectivity index (χ4v) is 3.79. The van der Waals surface area contributed by atoms with Gasteiger partial charge in [0.15, 0.2) is 16.8 Å². The molecule has 0 saturated heterocycles. The lowest BCUT2D eigenvalue weighted by atomic mass is 10.1. The van der Waals surface area contributed by atoms with Gasteiger partial charge in [-0.2, -0.15) is 0 Å². The first-order valence-electron chi connectivity index (χ1n) is 8.83. The standard InChI is InChI=1S/C22H16ClN3O2S/c23-17-10-6-15(7-11-17)20(28)14-29-22-25-24-21(16-8-12-19(27)13-9-16)26(22)18-4-2-1-3-5-18/h1-13,27H,14H2. The molecule has 144 valence electrons. The molecule has 0 aliphatic carbocycles. The van der Waals surface area contributed by atoms with Crippen molar-refractivity contribution in [3.63, 3.8) is 0 Å². The summed E-state index contributed by atoms with van der Waals surface area (Å²) in [5.41, 5.74) is 2.31. The number of halogens is 1. The maximum Gasteiger partial charge on any atom is 0.196 e. The number of hydrogen-bond acceptors (Lipinski definition) is 5. The molecule has 4 aromatic rings. The number of hydrogen-bond donors (Lipinski definition) is 1. The van der Waals surface area contributed by atoms with Crippen LogP contribution in [-0.4, -0.2) is 31.4 Å². The molecule has 0 bridgehead atoms. The second-order valence-electron chi connectivity index (χ2n) is 6.24. The molecule has 0 aliphatic rings. The number of Topliss-reactive ketones (excluding diaryl/α,β-unsaturated/α-hetero) is 1. The van der Waals surface area contributed by atoms with Gasteiger partial charge in [-0.25, -0.2) is 0 Å². The molecule has 1 N–H and O–H groups in total. The monoisotopic (exact) mass is 421 g/mol. The maximum atomic E-state index is 12.5. The van der Waals surface area contributed by atoms with Gasteiger partial charge in [-0.15, -0.1) is 10.2 Å². The number of para-hydroxylation sites is 1. The fraction of sp³-hybridized carbons (Fsp3) is 0.0455. The van der Waals surface area contributed by atoms with Crippen molar-refractivity contribution in [1.82, 2.24) is 14.8 Å². The molecule has 29 heavy (non-hydrogen) atoms. The van der Waals surface area contributed by atoms with Crippen molar-refractivity contribution < 1.29 is 9.90 Å². The van der Waals surface area contributed by atoms with Crippen LogP contribution < -0.4 is 0 Å². The highest BCUT2D eigenvalue weighted by molar-refractivity contribution is 7.99. The molecular formula is C22H16ClN3O2S. The number of nitrogens with zero attached hydrogens (tertiary/aromatic N) is 3. The van der Waals surface area contributed by atoms with Crippen LogP contribution in [0.4, 0.5) is 0 Å². The first-order valence-corrected chi connectivity index (χ1v) is 10.2. The van der Waals surface area contributed by atoms with Gasteiger partial charge in [-0.05, 0) is 60.7 Å². The number of aromatic nitrogens is 3. The Balaban J connectivity index is 1.65. The third kappa shape index (κ3) is 4.34. The highest BCUT2D eigenvalue weighted by Crippen LogP contribution is 2.29. The van der Waals surface area contributed by atoms with Crippen molar-refractivity contribution in [1.29, 1.82) is 0 Å². The minimum absolute atomic E-state index is 0.0135. The zero-order valence-corrected chi connectivity index (χ0v) is 16.8. The second-order valence-corrected chi connectivity index (χ2v) is 7.62. The number of aromatic hydroxyl groups is 1. The second kappa shape index (κ2) is 8.51. The number of ketones is 1. The van der Waals surface area contributed by atoms with Crippen LogP contribution in [0.5, 0.6) is 5.75 Å². The van der Waals surface area contributed by atoms with Crippen LogP contribution in [0, 0.1) is 0 Å². The van der Waals surface area contributed by atoms with Crippen molar-refractivity contribution in [2.24, 2.45) is 0 Å². The summed E-state index contributed by atoms with van der Waals surface area (Å²) in [5.74, 6) is 1.03. The van der Waals surface area contributed by atoms with E-state index in [1.54, 1.807) is 48.5 Å². The first kappa shape index (κ1) is 19.2. The number of rotatable bonds is 6. The average molecular weight is 422 g/mol. The number of thioether (sulfide) groups is 1. The lowest BCUT2D eigenvalue weighted by molar-refractivity contribution is 0.102. The molecule has 0 spiro atoms. The third-order valence-corrected chi connectivity index (χ3v) is 5.45. The molecule has 0 fully saturated rings. The van der Waals surface area contributed by atoms with E-state index in [0.29, 0.717) is 21.6 Å². The van der Waals surface area contributed by atoms with Gasteiger partial charge < -0.3 is 5.11 Å². The Kier molecular flexibility index (Phi) is 5.64. The van der Waals surface area contributed by atoms with Crippen LogP contribution in [0.3, 0.4) is 0 Å². The van der Waals surface area contributed by atoms with Crippen LogP contribution in [-0.2, 0) is 0 Å². The Morgan fingerprint density at radius 2 is 1.62 bits per heavy atom. The summed E-state index contributed by atoms with van der Waals surface area (Å²) in [5, 5.41) is 19.4. The molecule has 5 nitrogen and oxygen atoms in total. The zero-order valence-electron chi connectivity index (χ0n) is 15.2. The van der Waals surface area contributed by atoms with Crippen LogP contribution in [0.15, 0.2) is 84.0 Å². The molecule has 1 heterocycles. The van der Waals surface area contributed by atoms with Gasteiger partial charge in [-0.3, -0.25) is 9.36 Å². The summed E-state index contributed by atoms with van der Waals surface area (Å²) < 4.78 is 1.91. The normalized spacial score (nSPS) is 10.8. The third-order valence-electron chi connectivity index (χ3n) is 4.27. The molecule has 7 heteroatoms. The summed E-state index contributed by atoms with van der Waals surface area (Å²) in [7, 11) is 0. The molecule has 0 aliphatic heterocycles. The number of carbonyl (C=O) groups is 1. The van der Waals surface area contributed by atoms with Crippen LogP contribution in [0.25, 0.3) is 17.1 Å². The molecule has 0 unspecified atom stereocenters. The summed E-state index contributed by atoms with van der Waals surface area (Å²) >= 11 is 7.22. The SMILES string of the molecule is O=C(CSc1nnc(-c2ccc(O)cc2)n1-c1ccccc1)c1ccc(Cl)cc1. The molecule has 4 rings (SSSR count). The Bertz CT molecular complexity index is 1130. The summed E-state index contributed by atoms with van der Waals surface area (Å²) in [4.78, 5) is 12.5. The molecule has 3 aromatic carbocycles. The molecule has 0 radical (unpaired) electrons. The van der Waals surface area contributed by atoms with Gasteiger partial charge in [-0.1, -0.05) is 41.6 Å². The largest absolute Gasteiger partial charge is 0.508 e. The number of phenols is 1. The first-order chi connectivity index (χ1) is 14.1. The van der Waals surface area contributed by atoms with Gasteiger partial charge in [0.2, 0.25) is 0 Å². The quantitative estimate of drug-likeness (QED) is 0.339. The van der Waals surface area contributed by atoms with Crippen LogP contribution in [0.1, 0.15) is 10.4 Å². The van der Waals surface area contributed by atoms with E-state index in [4.69, 9.17) is 11.6 Å². The van der Waals surface area contributed by atoms with E-state index >= 15 is 0 Å². The molecule has 0 saturated carbocycles. The average Bonchev–Trinajstić information content (AvgIpc) is 3.17. The topological polar surface area (TPSA) is 68.0 Å². The minimum atomic E-state index is -0.0135. The van der Waals surface area contributed by atoms with Gasteiger partial charge in [0.25, 0.3) is 0 Å². The van der Waals surface area contributed by atoms with Gasteiger partial charge >= 0.3 is 0 Å². The van der Waals surface area contributed by atoms with E-state index in [0.717, 1.165) is 11.3 Å². The van der Waals surface area contributed by atoms with Gasteiger partial charge in [0, 0.05) is 21.8 Å². The summed E-state index contributed by atoms with van der Waals surface area (Å²) in [6, 6.07) is 23.3. The van der Waals surface area contributed by atoms with E-state index in [9.17, 15) is 9.90 Å². The summed E-state index contributed by atoms with van der Waals surface area (Å²) in [6.45, 7) is 0. The molecule has 0 amide bonds. The highest BCUT2D eigenvalue weighted by atomic mass is 35.5. The van der Waals surface area contributed by atoms with E-state index in [1.807, 2.05) is 34.9 Å². The zero-order chi connectivity index (χ0) is 20.2. The lowest BCUT2D eigenvalue weighted by Crippen LogP contribution is -2.05. The van der Waals surface area contributed by atoms with Crippen molar-refractivity contribution in [3.8, 4) is 22.8 Å². The van der Waals surface area contributed by atoms with E-state index < -0.39 is 0 Å². The number of benzene rings is 3. The van der Waals surface area contributed by atoms with E-state index in [2.05, 4.69) is 10.2 Å². The fourth-order valence-electron chi connectivity index (χ4n) is 2.82. The summed E-state index contributed by atoms with van der Waals surface area (Å²) in [6.07, 6.45) is 0. The predicted octanol–water partition coefficient (Wildman–Crippen LogP) is 5.27. The van der Waals surface area contributed by atoms with Crippen LogP contribution >= 0.6 is 23.4 Å². The predicted molar refractivity (Wildman–Crippen MR) is 115 cm³/mol. The Hall–Kier alpha value is -3.09. The molecule has 1 aromatic heterocycles. The number of phenolic OH excluding ortho intramolecular Hbond substituents is 1. The smallest absolute Gasteiger partial charge is 0.196 e. The van der Waals surface area contributed by atoms with Crippen molar-refractivity contribution in [2.45, 2.75) is 5.16 Å². The van der Waals surface area contributed by atoms with E-state index in [1.165, 1.54) is 11.8 Å². The van der Waals surface area contributed by atoms with Crippen molar-refractivity contribution in [2.75, 3.05) is 5.75 Å². The van der Waals surface area contributed by atoms with Gasteiger partial charge in [0.05, 0.1) is 5.75 Å². The van der Waals surface area contributed by atoms with Crippen molar-refractivity contribution >= 4 is 29.1 Å². The Labute approximate surface area is 177 Å². The lowest BCUT2D eigenvalue weighted by Gasteiger charge is -2.10. The molecular weight excluding hydrogens is 406 g/mol. The highest BCUT2D eigenvalue weighted by Gasteiger charge is 2.17. The van der Waals surface area contributed by atoms with E-state index in [-0.39, 0.29) is 17.3 Å². The Morgan fingerprint density at radius 1 is 0.931 bits per heavy atom. The van der Waals surface area contributed by atoms with Crippen LogP contribution in [0.2, 0.25) is 5.02 Å². The van der Waals surface area contributed by atoms with Gasteiger partial charge in [0.1, 0.15) is 5.75 Å². The molecule has 0 atom stereocenters.